The van der Waals surface area contributed by atoms with Crippen LogP contribution in [0, 0.1) is 0 Å². The molecule has 1 aliphatic rings. The summed E-state index contributed by atoms with van der Waals surface area (Å²) >= 11 is 0. The quantitative estimate of drug-likeness (QED) is 0.752. The number of para-hydroxylation sites is 1. The molecule has 0 aliphatic carbocycles. The Morgan fingerprint density at radius 1 is 1.22 bits per heavy atom. The molecule has 2 aromatic rings. The molecule has 0 saturated carbocycles. The maximum atomic E-state index is 10.1. The largest absolute Gasteiger partial charge is 0.390 e. The zero-order valence-electron chi connectivity index (χ0n) is 13.1. The van der Waals surface area contributed by atoms with Gasteiger partial charge in [-0.05, 0) is 12.1 Å². The summed E-state index contributed by atoms with van der Waals surface area (Å²) in [5.41, 5.74) is 1.79. The Morgan fingerprint density at radius 3 is 2.78 bits per heavy atom. The molecule has 1 aromatic heterocycles. The second kappa shape index (κ2) is 8.16. The van der Waals surface area contributed by atoms with E-state index >= 15 is 0 Å². The maximum Gasteiger partial charge on any atom is 0.0969 e. The van der Waals surface area contributed by atoms with Crippen molar-refractivity contribution in [2.24, 2.45) is 0 Å². The summed E-state index contributed by atoms with van der Waals surface area (Å²) in [5, 5.41) is 22.0. The highest BCUT2D eigenvalue weighted by molar-refractivity contribution is 5.28. The van der Waals surface area contributed by atoms with Crippen molar-refractivity contribution in [2.75, 3.05) is 39.4 Å². The van der Waals surface area contributed by atoms with Crippen molar-refractivity contribution in [3.8, 4) is 5.69 Å². The van der Waals surface area contributed by atoms with Gasteiger partial charge in [-0.2, -0.15) is 15.0 Å². The number of morpholine rings is 1. The minimum Gasteiger partial charge on any atom is -0.390 e. The lowest BCUT2D eigenvalue weighted by molar-refractivity contribution is 0.0149. The lowest BCUT2D eigenvalue weighted by Crippen LogP contribution is -2.43. The van der Waals surface area contributed by atoms with Crippen molar-refractivity contribution in [3.05, 3.63) is 42.2 Å². The normalized spacial score (nSPS) is 17.3. The van der Waals surface area contributed by atoms with Crippen LogP contribution in [0.25, 0.3) is 5.69 Å². The summed E-state index contributed by atoms with van der Waals surface area (Å²) in [6.45, 7) is 5.09. The van der Waals surface area contributed by atoms with Crippen molar-refractivity contribution >= 4 is 0 Å². The SMILES string of the molecule is O[C@@H](CNCc1cnn(-c2ccccc2)n1)CN1CCOCC1. The molecule has 1 aromatic carbocycles. The molecule has 124 valence electrons. The molecule has 0 bridgehead atoms. The van der Waals surface area contributed by atoms with E-state index in [-0.39, 0.29) is 0 Å². The summed E-state index contributed by atoms with van der Waals surface area (Å²) in [6, 6.07) is 9.80. The van der Waals surface area contributed by atoms with Gasteiger partial charge in [-0.3, -0.25) is 4.90 Å². The average Bonchev–Trinajstić information content (AvgIpc) is 3.05. The Balaban J connectivity index is 1.41. The van der Waals surface area contributed by atoms with Gasteiger partial charge in [0.05, 0.1) is 36.9 Å². The van der Waals surface area contributed by atoms with Crippen LogP contribution in [-0.4, -0.2) is 70.5 Å². The molecule has 1 atom stereocenters. The first-order valence-corrected chi connectivity index (χ1v) is 7.97. The standard InChI is InChI=1S/C16H23N5O2/c22-16(13-20-6-8-23-9-7-20)12-17-10-14-11-18-21(19-14)15-4-2-1-3-5-15/h1-5,11,16-17,22H,6-10,12-13H2/t16-/m0/s1. The molecule has 0 amide bonds. The predicted molar refractivity (Wildman–Crippen MR) is 86.3 cm³/mol. The molecular weight excluding hydrogens is 294 g/mol. The van der Waals surface area contributed by atoms with Crippen LogP contribution in [0.5, 0.6) is 0 Å². The highest BCUT2D eigenvalue weighted by Gasteiger charge is 2.14. The summed E-state index contributed by atoms with van der Waals surface area (Å²) in [6.07, 6.45) is 1.35. The third-order valence-electron chi connectivity index (χ3n) is 3.79. The fourth-order valence-corrected chi connectivity index (χ4v) is 2.57. The van der Waals surface area contributed by atoms with Crippen LogP contribution in [0.3, 0.4) is 0 Å². The molecule has 0 unspecified atom stereocenters. The molecule has 1 saturated heterocycles. The number of rotatable bonds is 7. The first-order valence-electron chi connectivity index (χ1n) is 7.97. The molecule has 3 rings (SSSR count). The van der Waals surface area contributed by atoms with Crippen molar-refractivity contribution in [1.82, 2.24) is 25.2 Å². The van der Waals surface area contributed by atoms with Gasteiger partial charge in [-0.1, -0.05) is 18.2 Å². The minimum absolute atomic E-state index is 0.391. The minimum atomic E-state index is -0.391. The van der Waals surface area contributed by atoms with E-state index in [1.54, 1.807) is 11.0 Å². The van der Waals surface area contributed by atoms with Crippen LogP contribution in [0.1, 0.15) is 5.69 Å². The number of benzene rings is 1. The van der Waals surface area contributed by atoms with Gasteiger partial charge in [-0.15, -0.1) is 0 Å². The van der Waals surface area contributed by atoms with E-state index in [4.69, 9.17) is 4.74 Å². The number of hydrogen-bond acceptors (Lipinski definition) is 6. The zero-order valence-corrected chi connectivity index (χ0v) is 13.1. The third kappa shape index (κ3) is 4.84. The van der Waals surface area contributed by atoms with Crippen molar-refractivity contribution < 1.29 is 9.84 Å². The van der Waals surface area contributed by atoms with E-state index in [9.17, 15) is 5.11 Å². The fourth-order valence-electron chi connectivity index (χ4n) is 2.57. The monoisotopic (exact) mass is 317 g/mol. The van der Waals surface area contributed by atoms with Gasteiger partial charge in [0.15, 0.2) is 0 Å². The number of nitrogens with zero attached hydrogens (tertiary/aromatic N) is 4. The summed E-state index contributed by atoms with van der Waals surface area (Å²) < 4.78 is 5.30. The van der Waals surface area contributed by atoms with E-state index in [0.717, 1.165) is 37.7 Å². The van der Waals surface area contributed by atoms with Crippen LogP contribution < -0.4 is 5.32 Å². The van der Waals surface area contributed by atoms with E-state index < -0.39 is 6.10 Å². The van der Waals surface area contributed by atoms with E-state index in [2.05, 4.69) is 20.4 Å². The Labute approximate surface area is 135 Å². The Hall–Kier alpha value is -1.80. The Kier molecular flexibility index (Phi) is 5.71. The number of aliphatic hydroxyl groups is 1. The second-order valence-electron chi connectivity index (χ2n) is 5.66. The lowest BCUT2D eigenvalue weighted by Gasteiger charge is -2.28. The van der Waals surface area contributed by atoms with Crippen LogP contribution >= 0.6 is 0 Å². The molecule has 23 heavy (non-hydrogen) atoms. The number of aliphatic hydroxyl groups excluding tert-OH is 1. The summed E-state index contributed by atoms with van der Waals surface area (Å²) in [5.74, 6) is 0. The molecule has 1 aliphatic heterocycles. The maximum absolute atomic E-state index is 10.1. The molecule has 2 N–H and O–H groups in total. The van der Waals surface area contributed by atoms with Gasteiger partial charge in [0.2, 0.25) is 0 Å². The molecule has 0 radical (unpaired) electrons. The fraction of sp³-hybridized carbons (Fsp3) is 0.500. The summed E-state index contributed by atoms with van der Waals surface area (Å²) in [4.78, 5) is 3.84. The first kappa shape index (κ1) is 16.1. The zero-order chi connectivity index (χ0) is 15.9. The lowest BCUT2D eigenvalue weighted by atomic mass is 10.3. The second-order valence-corrected chi connectivity index (χ2v) is 5.66. The van der Waals surface area contributed by atoms with Crippen LogP contribution in [0.15, 0.2) is 36.5 Å². The van der Waals surface area contributed by atoms with E-state index in [0.29, 0.717) is 19.6 Å². The number of β-amino-alcohol motifs (C(OH)–C–C–N with tert-alkyl or cyclic N) is 1. The van der Waals surface area contributed by atoms with Crippen molar-refractivity contribution in [3.63, 3.8) is 0 Å². The molecule has 1 fully saturated rings. The van der Waals surface area contributed by atoms with Crippen molar-refractivity contribution in [1.29, 1.82) is 0 Å². The van der Waals surface area contributed by atoms with Crippen LogP contribution in [0.2, 0.25) is 0 Å². The van der Waals surface area contributed by atoms with E-state index in [1.807, 2.05) is 30.3 Å². The van der Waals surface area contributed by atoms with Crippen LogP contribution in [-0.2, 0) is 11.3 Å². The van der Waals surface area contributed by atoms with Gasteiger partial charge < -0.3 is 15.2 Å². The van der Waals surface area contributed by atoms with Gasteiger partial charge in [0, 0.05) is 32.7 Å². The van der Waals surface area contributed by atoms with Gasteiger partial charge in [0.25, 0.3) is 0 Å². The molecule has 0 spiro atoms. The number of nitrogens with one attached hydrogen (secondary N) is 1. The highest BCUT2D eigenvalue weighted by atomic mass is 16.5. The number of ether oxygens (including phenoxy) is 1. The van der Waals surface area contributed by atoms with Gasteiger partial charge >= 0.3 is 0 Å². The molecular formula is C16H23N5O2. The van der Waals surface area contributed by atoms with Gasteiger partial charge in [-0.25, -0.2) is 0 Å². The van der Waals surface area contributed by atoms with Crippen LogP contribution in [0.4, 0.5) is 0 Å². The molecule has 7 nitrogen and oxygen atoms in total. The first-order chi connectivity index (χ1) is 11.3. The predicted octanol–water partition coefficient (Wildman–Crippen LogP) is 0.0500. The Bertz CT molecular complexity index is 583. The highest BCUT2D eigenvalue weighted by Crippen LogP contribution is 2.04. The summed E-state index contributed by atoms with van der Waals surface area (Å²) in [7, 11) is 0. The molecule has 2 heterocycles. The smallest absolute Gasteiger partial charge is 0.0969 e. The number of aromatic nitrogens is 3. The van der Waals surface area contributed by atoms with E-state index in [1.165, 1.54) is 0 Å². The topological polar surface area (TPSA) is 75.4 Å². The number of hydrogen-bond donors (Lipinski definition) is 2. The van der Waals surface area contributed by atoms with Crippen molar-refractivity contribution in [2.45, 2.75) is 12.6 Å². The average molecular weight is 317 g/mol. The van der Waals surface area contributed by atoms with Gasteiger partial charge in [0.1, 0.15) is 0 Å². The molecule has 7 heteroatoms. The Morgan fingerprint density at radius 2 is 2.00 bits per heavy atom. The third-order valence-corrected chi connectivity index (χ3v) is 3.79.